The van der Waals surface area contributed by atoms with Gasteiger partial charge in [0.25, 0.3) is 0 Å². The molecule has 0 bridgehead atoms. The lowest BCUT2D eigenvalue weighted by Gasteiger charge is -2.32. The highest BCUT2D eigenvalue weighted by Crippen LogP contribution is 2.40. The number of hydrogen-bond acceptors (Lipinski definition) is 4. The highest BCUT2D eigenvalue weighted by atomic mass is 16.3. The van der Waals surface area contributed by atoms with Crippen LogP contribution in [0.5, 0.6) is 0 Å². The molecule has 0 spiro atoms. The first kappa shape index (κ1) is 19.2. The Morgan fingerprint density at radius 1 is 0.655 bits per heavy atom. The Bertz CT molecular complexity index is 970. The summed E-state index contributed by atoms with van der Waals surface area (Å²) < 4.78 is 0. The molecule has 29 heavy (non-hydrogen) atoms. The quantitative estimate of drug-likeness (QED) is 0.594. The average Bonchev–Trinajstić information content (AvgIpc) is 2.79. The largest absolute Gasteiger partial charge is 0.511 e. The first-order valence-electron chi connectivity index (χ1n) is 9.68. The molecular weight excluding hydrogens is 364 g/mol. The molecule has 2 aliphatic carbocycles. The lowest BCUT2D eigenvalue weighted by molar-refractivity contribution is 0.0429. The van der Waals surface area contributed by atoms with Gasteiger partial charge in [-0.15, -0.1) is 0 Å². The molecule has 0 aromatic heterocycles. The van der Waals surface area contributed by atoms with Crippen molar-refractivity contribution < 1.29 is 20.4 Å². The van der Waals surface area contributed by atoms with Crippen molar-refractivity contribution in [1.29, 1.82) is 0 Å². The van der Waals surface area contributed by atoms with Crippen molar-refractivity contribution in [3.63, 3.8) is 0 Å². The maximum absolute atomic E-state index is 11.1. The van der Waals surface area contributed by atoms with E-state index in [9.17, 15) is 20.4 Å². The zero-order valence-corrected chi connectivity index (χ0v) is 16.0. The summed E-state index contributed by atoms with van der Waals surface area (Å²) in [5.74, 6) is -0.406. The number of hydrogen-bond donors (Lipinski definition) is 4. The predicted octanol–water partition coefficient (Wildman–Crippen LogP) is 4.12. The summed E-state index contributed by atoms with van der Waals surface area (Å²) >= 11 is 0. The van der Waals surface area contributed by atoms with Gasteiger partial charge >= 0.3 is 0 Å². The van der Waals surface area contributed by atoms with Crippen LogP contribution >= 0.6 is 0 Å². The van der Waals surface area contributed by atoms with Crippen LogP contribution in [-0.4, -0.2) is 33.6 Å². The molecule has 2 aromatic carbocycles. The van der Waals surface area contributed by atoms with Gasteiger partial charge in [0, 0.05) is 12.8 Å². The maximum atomic E-state index is 11.1. The normalized spacial score (nSPS) is 18.8. The number of rotatable bonds is 4. The van der Waals surface area contributed by atoms with Gasteiger partial charge in [-0.3, -0.25) is 0 Å². The summed E-state index contributed by atoms with van der Waals surface area (Å²) in [6, 6.07) is 15.7. The molecule has 0 atom stereocenters. The zero-order chi connectivity index (χ0) is 20.4. The van der Waals surface area contributed by atoms with Crippen molar-refractivity contribution in [2.45, 2.75) is 12.8 Å². The van der Waals surface area contributed by atoms with Gasteiger partial charge in [0.2, 0.25) is 0 Å². The van der Waals surface area contributed by atoms with Crippen LogP contribution in [0.3, 0.4) is 0 Å². The zero-order valence-electron chi connectivity index (χ0n) is 16.0. The molecule has 4 N–H and O–H groups in total. The molecule has 0 heterocycles. The summed E-state index contributed by atoms with van der Waals surface area (Å²) in [6.07, 6.45) is 8.27. The van der Waals surface area contributed by atoms with Gasteiger partial charge in [0.1, 0.15) is 16.9 Å². The molecule has 0 saturated carbocycles. The standard InChI is InChI=1S/C25H24O4/c26-15-25(16-27,23(28)21-11-9-17-5-1-3-7-19(17)13-21)24(29)22-12-10-18-6-2-4-8-20(18)14-22/h1-12,26-29H,13-16H2. The van der Waals surface area contributed by atoms with Crippen LogP contribution in [-0.2, 0) is 12.8 Å². The molecule has 2 aromatic rings. The van der Waals surface area contributed by atoms with Gasteiger partial charge in [0.05, 0.1) is 13.2 Å². The van der Waals surface area contributed by atoms with Crippen LogP contribution in [0.15, 0.2) is 83.3 Å². The van der Waals surface area contributed by atoms with Crippen molar-refractivity contribution in [3.8, 4) is 0 Å². The van der Waals surface area contributed by atoms with E-state index in [1.54, 1.807) is 12.2 Å². The Balaban J connectivity index is 1.77. The highest BCUT2D eigenvalue weighted by molar-refractivity contribution is 5.64. The van der Waals surface area contributed by atoms with Crippen LogP contribution in [0.1, 0.15) is 22.3 Å². The number of aliphatic hydroxyl groups excluding tert-OH is 4. The third kappa shape index (κ3) is 3.31. The van der Waals surface area contributed by atoms with E-state index in [0.29, 0.717) is 24.0 Å². The van der Waals surface area contributed by atoms with E-state index in [0.717, 1.165) is 22.3 Å². The van der Waals surface area contributed by atoms with Crippen molar-refractivity contribution in [1.82, 2.24) is 0 Å². The van der Waals surface area contributed by atoms with Gasteiger partial charge in [-0.1, -0.05) is 72.8 Å². The van der Waals surface area contributed by atoms with E-state index in [4.69, 9.17) is 0 Å². The van der Waals surface area contributed by atoms with Crippen LogP contribution in [0.4, 0.5) is 0 Å². The average molecular weight is 388 g/mol. The van der Waals surface area contributed by atoms with Crippen LogP contribution < -0.4 is 0 Å². The van der Waals surface area contributed by atoms with Gasteiger partial charge in [-0.05, 0) is 33.4 Å². The Kier molecular flexibility index (Phi) is 5.14. The summed E-state index contributed by atoms with van der Waals surface area (Å²) in [6.45, 7) is -1.22. The second kappa shape index (κ2) is 7.74. The molecule has 0 radical (unpaired) electrons. The molecule has 0 amide bonds. The lowest BCUT2D eigenvalue weighted by atomic mass is 9.77. The molecule has 0 saturated heterocycles. The Labute approximate surface area is 170 Å². The fourth-order valence-electron chi connectivity index (χ4n) is 4.03. The first-order valence-corrected chi connectivity index (χ1v) is 9.68. The fraction of sp³-hybridized carbons (Fsp3) is 0.200. The van der Waals surface area contributed by atoms with Gasteiger partial charge in [-0.25, -0.2) is 0 Å². The topological polar surface area (TPSA) is 80.9 Å². The van der Waals surface area contributed by atoms with Gasteiger partial charge in [-0.2, -0.15) is 0 Å². The summed E-state index contributed by atoms with van der Waals surface area (Å²) in [4.78, 5) is 0. The van der Waals surface area contributed by atoms with E-state index >= 15 is 0 Å². The molecule has 4 rings (SSSR count). The second-order valence-electron chi connectivity index (χ2n) is 7.56. The molecule has 4 heteroatoms. The van der Waals surface area contributed by atoms with Gasteiger partial charge in [0.15, 0.2) is 0 Å². The number of aliphatic hydroxyl groups is 4. The predicted molar refractivity (Wildman–Crippen MR) is 114 cm³/mol. The van der Waals surface area contributed by atoms with Crippen molar-refractivity contribution in [3.05, 3.63) is 106 Å². The Morgan fingerprint density at radius 3 is 1.48 bits per heavy atom. The molecule has 148 valence electrons. The van der Waals surface area contributed by atoms with Crippen molar-refractivity contribution >= 4 is 12.2 Å². The summed E-state index contributed by atoms with van der Waals surface area (Å²) in [5.41, 5.74) is 3.70. The molecule has 4 nitrogen and oxygen atoms in total. The highest BCUT2D eigenvalue weighted by Gasteiger charge is 2.42. The lowest BCUT2D eigenvalue weighted by Crippen LogP contribution is -2.36. The van der Waals surface area contributed by atoms with Crippen LogP contribution in [0.25, 0.3) is 12.2 Å². The molecule has 0 fully saturated rings. The monoisotopic (exact) mass is 388 g/mol. The molecule has 2 aliphatic rings. The fourth-order valence-corrected chi connectivity index (χ4v) is 4.03. The van der Waals surface area contributed by atoms with Crippen molar-refractivity contribution in [2.24, 2.45) is 5.41 Å². The third-order valence-corrected chi connectivity index (χ3v) is 5.85. The van der Waals surface area contributed by atoms with Crippen molar-refractivity contribution in [2.75, 3.05) is 13.2 Å². The third-order valence-electron chi connectivity index (χ3n) is 5.85. The van der Waals surface area contributed by atoms with E-state index in [-0.39, 0.29) is 11.5 Å². The van der Waals surface area contributed by atoms with E-state index < -0.39 is 18.6 Å². The minimum Gasteiger partial charge on any atom is -0.511 e. The second-order valence-corrected chi connectivity index (χ2v) is 7.56. The Hall–Kier alpha value is -3.08. The summed E-state index contributed by atoms with van der Waals surface area (Å²) in [7, 11) is 0. The molecular formula is C25H24O4. The number of allylic oxidation sites excluding steroid dienone is 4. The molecule has 0 unspecified atom stereocenters. The van der Waals surface area contributed by atoms with E-state index in [1.807, 2.05) is 60.7 Å². The Morgan fingerprint density at radius 2 is 1.07 bits per heavy atom. The summed E-state index contributed by atoms with van der Waals surface area (Å²) in [5, 5.41) is 42.5. The first-order chi connectivity index (χ1) is 14.1. The van der Waals surface area contributed by atoms with Crippen LogP contribution in [0, 0.1) is 5.41 Å². The smallest absolute Gasteiger partial charge is 0.131 e. The minimum atomic E-state index is -1.65. The SMILES string of the molecule is OCC(CO)(C(O)=C1C=Cc2ccccc2C1)C(O)=C1C=Cc2ccccc2C1. The van der Waals surface area contributed by atoms with E-state index in [2.05, 4.69) is 0 Å². The molecule has 0 aliphatic heterocycles. The number of benzene rings is 2. The minimum absolute atomic E-state index is 0.203. The number of fused-ring (bicyclic) bond motifs is 2. The van der Waals surface area contributed by atoms with Gasteiger partial charge < -0.3 is 20.4 Å². The van der Waals surface area contributed by atoms with E-state index in [1.165, 1.54) is 0 Å². The van der Waals surface area contributed by atoms with Crippen LogP contribution in [0.2, 0.25) is 0 Å². The maximum Gasteiger partial charge on any atom is 0.131 e.